The van der Waals surface area contributed by atoms with Crippen molar-refractivity contribution in [2.24, 2.45) is 0 Å². The SMILES string of the molecule is CC(O)(CCF)C(=O)O. The van der Waals surface area contributed by atoms with Crippen LogP contribution < -0.4 is 0 Å². The third-order valence-electron chi connectivity index (χ3n) is 1.04. The topological polar surface area (TPSA) is 57.5 Å². The minimum absolute atomic E-state index is 0.359. The minimum atomic E-state index is -1.91. The van der Waals surface area contributed by atoms with E-state index in [9.17, 15) is 9.18 Å². The van der Waals surface area contributed by atoms with Crippen molar-refractivity contribution in [1.82, 2.24) is 0 Å². The van der Waals surface area contributed by atoms with Crippen molar-refractivity contribution in [3.05, 3.63) is 0 Å². The fourth-order valence-corrected chi connectivity index (χ4v) is 0.291. The molecular formula is C5H9FO3. The Kier molecular flexibility index (Phi) is 2.58. The zero-order chi connectivity index (χ0) is 7.49. The lowest BCUT2D eigenvalue weighted by atomic mass is 10.0. The molecule has 2 N–H and O–H groups in total. The van der Waals surface area contributed by atoms with Crippen LogP contribution >= 0.6 is 0 Å². The number of carboxylic acids is 1. The second-order valence-corrected chi connectivity index (χ2v) is 2.02. The van der Waals surface area contributed by atoms with Gasteiger partial charge in [0.1, 0.15) is 0 Å². The van der Waals surface area contributed by atoms with E-state index in [4.69, 9.17) is 10.2 Å². The Morgan fingerprint density at radius 3 is 2.33 bits per heavy atom. The van der Waals surface area contributed by atoms with Gasteiger partial charge in [0.25, 0.3) is 0 Å². The van der Waals surface area contributed by atoms with E-state index in [2.05, 4.69) is 0 Å². The second-order valence-electron chi connectivity index (χ2n) is 2.02. The number of aliphatic hydroxyl groups is 1. The summed E-state index contributed by atoms with van der Waals surface area (Å²) >= 11 is 0. The maximum Gasteiger partial charge on any atom is 0.335 e. The van der Waals surface area contributed by atoms with Crippen LogP contribution in [0.4, 0.5) is 4.39 Å². The molecule has 0 aromatic heterocycles. The fraction of sp³-hybridized carbons (Fsp3) is 0.800. The molecule has 0 rings (SSSR count). The van der Waals surface area contributed by atoms with Crippen LogP contribution in [0.15, 0.2) is 0 Å². The number of carbonyl (C=O) groups is 1. The molecule has 0 radical (unpaired) electrons. The quantitative estimate of drug-likeness (QED) is 0.582. The van der Waals surface area contributed by atoms with Gasteiger partial charge in [-0.1, -0.05) is 0 Å². The number of halogens is 1. The van der Waals surface area contributed by atoms with E-state index >= 15 is 0 Å². The Bertz CT molecular complexity index is 111. The third kappa shape index (κ3) is 2.41. The van der Waals surface area contributed by atoms with E-state index in [1.54, 1.807) is 0 Å². The van der Waals surface area contributed by atoms with Crippen LogP contribution in [0.5, 0.6) is 0 Å². The molecule has 0 aliphatic heterocycles. The maximum atomic E-state index is 11.4. The van der Waals surface area contributed by atoms with Gasteiger partial charge in [0.15, 0.2) is 5.60 Å². The first-order valence-corrected chi connectivity index (χ1v) is 2.52. The molecule has 9 heavy (non-hydrogen) atoms. The minimum Gasteiger partial charge on any atom is -0.479 e. The molecule has 0 amide bonds. The number of aliphatic carboxylic acids is 1. The number of alkyl halides is 1. The van der Waals surface area contributed by atoms with Crippen LogP contribution in [0.2, 0.25) is 0 Å². The molecule has 0 saturated heterocycles. The van der Waals surface area contributed by atoms with Crippen molar-refractivity contribution < 1.29 is 19.4 Å². The molecule has 4 heteroatoms. The van der Waals surface area contributed by atoms with Crippen molar-refractivity contribution >= 4 is 5.97 Å². The van der Waals surface area contributed by atoms with Gasteiger partial charge in [0, 0.05) is 6.42 Å². The Balaban J connectivity index is 3.85. The van der Waals surface area contributed by atoms with Crippen LogP contribution in [-0.2, 0) is 4.79 Å². The van der Waals surface area contributed by atoms with Crippen LogP contribution in [0, 0.1) is 0 Å². The van der Waals surface area contributed by atoms with E-state index in [0.29, 0.717) is 0 Å². The third-order valence-corrected chi connectivity index (χ3v) is 1.04. The standard InChI is InChI=1S/C5H9FO3/c1-5(9,2-3-6)4(7)8/h9H,2-3H2,1H3,(H,7,8). The number of rotatable bonds is 3. The summed E-state index contributed by atoms with van der Waals surface area (Å²) in [5.41, 5.74) is -1.91. The first-order valence-electron chi connectivity index (χ1n) is 2.52. The van der Waals surface area contributed by atoms with Crippen molar-refractivity contribution in [3.63, 3.8) is 0 Å². The largest absolute Gasteiger partial charge is 0.479 e. The zero-order valence-corrected chi connectivity index (χ0v) is 5.09. The summed E-state index contributed by atoms with van der Waals surface area (Å²) in [6.45, 7) is 0.244. The van der Waals surface area contributed by atoms with Crippen molar-refractivity contribution in [1.29, 1.82) is 0 Å². The smallest absolute Gasteiger partial charge is 0.335 e. The Morgan fingerprint density at radius 1 is 1.78 bits per heavy atom. The van der Waals surface area contributed by atoms with Gasteiger partial charge in [0.2, 0.25) is 0 Å². The van der Waals surface area contributed by atoms with Gasteiger partial charge in [-0.3, -0.25) is 4.39 Å². The van der Waals surface area contributed by atoms with Gasteiger partial charge in [-0.25, -0.2) is 4.79 Å². The molecule has 3 nitrogen and oxygen atoms in total. The highest BCUT2D eigenvalue weighted by atomic mass is 19.1. The summed E-state index contributed by atoms with van der Waals surface area (Å²) in [5, 5.41) is 16.9. The second kappa shape index (κ2) is 2.77. The molecule has 0 bridgehead atoms. The van der Waals surface area contributed by atoms with Gasteiger partial charge < -0.3 is 10.2 Å². The van der Waals surface area contributed by atoms with E-state index in [0.717, 1.165) is 6.92 Å². The van der Waals surface area contributed by atoms with Gasteiger partial charge in [-0.05, 0) is 6.92 Å². The Hall–Kier alpha value is -0.640. The molecular weight excluding hydrogens is 127 g/mol. The van der Waals surface area contributed by atoms with E-state index in [1.807, 2.05) is 0 Å². The van der Waals surface area contributed by atoms with Crippen molar-refractivity contribution in [3.8, 4) is 0 Å². The van der Waals surface area contributed by atoms with Crippen LogP contribution in [-0.4, -0.2) is 28.5 Å². The van der Waals surface area contributed by atoms with Crippen LogP contribution in [0.1, 0.15) is 13.3 Å². The number of hydrogen-bond donors (Lipinski definition) is 2. The summed E-state index contributed by atoms with van der Waals surface area (Å²) in [6, 6.07) is 0. The highest BCUT2D eigenvalue weighted by Gasteiger charge is 2.28. The number of hydrogen-bond acceptors (Lipinski definition) is 2. The van der Waals surface area contributed by atoms with Gasteiger partial charge in [-0.2, -0.15) is 0 Å². The Morgan fingerprint density at radius 2 is 2.22 bits per heavy atom. The summed E-state index contributed by atoms with van der Waals surface area (Å²) in [6.07, 6.45) is -0.359. The predicted octanol–water partition coefficient (Wildman–Crippen LogP) is 0.182. The van der Waals surface area contributed by atoms with Gasteiger partial charge >= 0.3 is 5.97 Å². The molecule has 54 valence electrons. The van der Waals surface area contributed by atoms with E-state index in [1.165, 1.54) is 0 Å². The predicted molar refractivity (Wildman–Crippen MR) is 28.9 cm³/mol. The molecule has 0 aromatic rings. The average Bonchev–Trinajstić information content (AvgIpc) is 1.65. The fourth-order valence-electron chi connectivity index (χ4n) is 0.291. The van der Waals surface area contributed by atoms with Gasteiger partial charge in [0.05, 0.1) is 6.67 Å². The van der Waals surface area contributed by atoms with Crippen LogP contribution in [0.25, 0.3) is 0 Å². The van der Waals surface area contributed by atoms with E-state index < -0.39 is 18.2 Å². The summed E-state index contributed by atoms with van der Waals surface area (Å²) in [7, 11) is 0. The normalized spacial score (nSPS) is 16.8. The highest BCUT2D eigenvalue weighted by Crippen LogP contribution is 2.08. The molecule has 0 fully saturated rings. The first kappa shape index (κ1) is 8.36. The lowest BCUT2D eigenvalue weighted by molar-refractivity contribution is -0.157. The summed E-state index contributed by atoms with van der Waals surface area (Å²) < 4.78 is 11.4. The lowest BCUT2D eigenvalue weighted by Gasteiger charge is -2.14. The molecule has 0 heterocycles. The molecule has 0 aliphatic carbocycles. The first-order chi connectivity index (χ1) is 4.00. The molecule has 0 saturated carbocycles. The van der Waals surface area contributed by atoms with Crippen molar-refractivity contribution in [2.75, 3.05) is 6.67 Å². The molecule has 0 aliphatic rings. The average molecular weight is 136 g/mol. The highest BCUT2D eigenvalue weighted by molar-refractivity contribution is 5.76. The molecule has 0 aromatic carbocycles. The summed E-state index contributed by atoms with van der Waals surface area (Å²) in [5.74, 6) is -1.39. The lowest BCUT2D eigenvalue weighted by Crippen LogP contribution is -2.35. The monoisotopic (exact) mass is 136 g/mol. The zero-order valence-electron chi connectivity index (χ0n) is 5.09. The summed E-state index contributed by atoms with van der Waals surface area (Å²) in [4.78, 5) is 9.99. The molecule has 0 spiro atoms. The molecule has 1 unspecified atom stereocenters. The van der Waals surface area contributed by atoms with Crippen molar-refractivity contribution in [2.45, 2.75) is 18.9 Å². The molecule has 1 atom stereocenters. The van der Waals surface area contributed by atoms with Gasteiger partial charge in [-0.15, -0.1) is 0 Å². The van der Waals surface area contributed by atoms with Crippen LogP contribution in [0.3, 0.4) is 0 Å². The Labute approximate surface area is 52.1 Å². The van der Waals surface area contributed by atoms with E-state index in [-0.39, 0.29) is 6.42 Å². The maximum absolute atomic E-state index is 11.4. The number of carboxylic acid groups (broad SMARTS) is 1.